The normalized spacial score (nSPS) is 9.79. The second kappa shape index (κ2) is 5.50. The van der Waals surface area contributed by atoms with Crippen LogP contribution in [-0.4, -0.2) is 17.0 Å². The van der Waals surface area contributed by atoms with Gasteiger partial charge in [-0.3, -0.25) is 0 Å². The van der Waals surface area contributed by atoms with E-state index in [-0.39, 0.29) is 11.8 Å². The highest BCUT2D eigenvalue weighted by Crippen LogP contribution is 2.24. The Kier molecular flexibility index (Phi) is 3.78. The zero-order valence-electron chi connectivity index (χ0n) is 9.91. The molecule has 0 radical (unpaired) electrons. The number of nitrogens with one attached hydrogen (secondary N) is 2. The SMILES string of the molecule is CNc1ncc(F)c(Nc2cc(Cl)ccc2C#N)n1. The van der Waals surface area contributed by atoms with Gasteiger partial charge >= 0.3 is 0 Å². The molecule has 2 rings (SSSR count). The molecule has 0 aliphatic heterocycles. The van der Waals surface area contributed by atoms with Crippen LogP contribution in [0.4, 0.5) is 21.8 Å². The Bertz CT molecular complexity index is 653. The minimum Gasteiger partial charge on any atom is -0.357 e. The fraction of sp³-hybridized carbons (Fsp3) is 0.0833. The summed E-state index contributed by atoms with van der Waals surface area (Å²) in [5.74, 6) is -0.384. The number of anilines is 3. The zero-order chi connectivity index (χ0) is 13.8. The van der Waals surface area contributed by atoms with Gasteiger partial charge in [0.1, 0.15) is 6.07 Å². The Hall–Kier alpha value is -2.39. The lowest BCUT2D eigenvalue weighted by Gasteiger charge is -2.09. The van der Waals surface area contributed by atoms with E-state index >= 15 is 0 Å². The fourth-order valence-corrected chi connectivity index (χ4v) is 1.59. The summed E-state index contributed by atoms with van der Waals surface area (Å²) in [7, 11) is 1.62. The first-order valence-electron chi connectivity index (χ1n) is 5.31. The molecule has 0 fully saturated rings. The lowest BCUT2D eigenvalue weighted by atomic mass is 10.2. The number of aromatic nitrogens is 2. The van der Waals surface area contributed by atoms with E-state index in [2.05, 4.69) is 20.6 Å². The van der Waals surface area contributed by atoms with Crippen LogP contribution in [0.5, 0.6) is 0 Å². The number of benzene rings is 1. The third-order valence-electron chi connectivity index (χ3n) is 2.32. The van der Waals surface area contributed by atoms with Crippen LogP contribution in [0, 0.1) is 17.1 Å². The van der Waals surface area contributed by atoms with Crippen LogP contribution < -0.4 is 10.6 Å². The van der Waals surface area contributed by atoms with Crippen LogP contribution in [0.15, 0.2) is 24.4 Å². The standard InChI is InChI=1S/C12H9ClFN5/c1-16-12-17-6-9(14)11(19-12)18-10-4-8(13)3-2-7(10)5-15/h2-4,6H,1H3,(H2,16,17,18,19). The molecule has 0 spiro atoms. The maximum atomic E-state index is 13.6. The highest BCUT2D eigenvalue weighted by molar-refractivity contribution is 6.30. The van der Waals surface area contributed by atoms with Crippen LogP contribution in [0.25, 0.3) is 0 Å². The number of rotatable bonds is 3. The van der Waals surface area contributed by atoms with Crippen molar-refractivity contribution in [2.75, 3.05) is 17.7 Å². The highest BCUT2D eigenvalue weighted by atomic mass is 35.5. The summed E-state index contributed by atoms with van der Waals surface area (Å²) in [6, 6.07) is 6.65. The number of nitrogens with zero attached hydrogens (tertiary/aromatic N) is 3. The molecule has 2 aromatic rings. The largest absolute Gasteiger partial charge is 0.357 e. The Balaban J connectivity index is 2.41. The maximum Gasteiger partial charge on any atom is 0.224 e. The Morgan fingerprint density at radius 3 is 2.89 bits per heavy atom. The fourth-order valence-electron chi connectivity index (χ4n) is 1.42. The monoisotopic (exact) mass is 277 g/mol. The van der Waals surface area contributed by atoms with Gasteiger partial charge in [0.2, 0.25) is 5.95 Å². The molecule has 1 aromatic carbocycles. The van der Waals surface area contributed by atoms with E-state index in [1.54, 1.807) is 19.2 Å². The quantitative estimate of drug-likeness (QED) is 0.902. The van der Waals surface area contributed by atoms with E-state index in [0.29, 0.717) is 16.3 Å². The average molecular weight is 278 g/mol. The van der Waals surface area contributed by atoms with Gasteiger partial charge in [-0.15, -0.1) is 0 Å². The van der Waals surface area contributed by atoms with Gasteiger partial charge < -0.3 is 10.6 Å². The van der Waals surface area contributed by atoms with Crippen LogP contribution in [-0.2, 0) is 0 Å². The lowest BCUT2D eigenvalue weighted by Crippen LogP contribution is -2.03. The van der Waals surface area contributed by atoms with Crippen LogP contribution in [0.1, 0.15) is 5.56 Å². The summed E-state index contributed by atoms with van der Waals surface area (Å²) in [5, 5.41) is 14.9. The molecular weight excluding hydrogens is 269 g/mol. The smallest absolute Gasteiger partial charge is 0.224 e. The molecule has 0 aliphatic carbocycles. The Labute approximate surface area is 114 Å². The van der Waals surface area contributed by atoms with Gasteiger partial charge in [0.15, 0.2) is 11.6 Å². The van der Waals surface area contributed by atoms with Crippen molar-refractivity contribution in [2.24, 2.45) is 0 Å². The number of hydrogen-bond donors (Lipinski definition) is 2. The van der Waals surface area contributed by atoms with Gasteiger partial charge in [-0.05, 0) is 18.2 Å². The van der Waals surface area contributed by atoms with Crippen LogP contribution in [0.3, 0.4) is 0 Å². The molecule has 19 heavy (non-hydrogen) atoms. The van der Waals surface area contributed by atoms with E-state index in [9.17, 15) is 4.39 Å². The van der Waals surface area contributed by atoms with Crippen LogP contribution >= 0.6 is 11.6 Å². The third kappa shape index (κ3) is 2.89. The predicted molar refractivity (Wildman–Crippen MR) is 71.0 cm³/mol. The first-order valence-corrected chi connectivity index (χ1v) is 5.69. The molecule has 7 heteroatoms. The van der Waals surface area contributed by atoms with Crippen molar-refractivity contribution in [3.8, 4) is 6.07 Å². The molecule has 0 atom stereocenters. The third-order valence-corrected chi connectivity index (χ3v) is 2.56. The Morgan fingerprint density at radius 2 is 2.21 bits per heavy atom. The summed E-state index contributed by atoms with van der Waals surface area (Å²) < 4.78 is 13.6. The number of halogens is 2. The van der Waals surface area contributed by atoms with E-state index in [1.807, 2.05) is 6.07 Å². The van der Waals surface area contributed by atoms with E-state index < -0.39 is 5.82 Å². The minimum absolute atomic E-state index is 0.0295. The zero-order valence-corrected chi connectivity index (χ0v) is 10.7. The van der Waals surface area contributed by atoms with Gasteiger partial charge in [-0.25, -0.2) is 9.37 Å². The van der Waals surface area contributed by atoms with E-state index in [4.69, 9.17) is 16.9 Å². The molecule has 0 bridgehead atoms. The second-order valence-corrected chi connectivity index (χ2v) is 4.00. The highest BCUT2D eigenvalue weighted by Gasteiger charge is 2.09. The van der Waals surface area contributed by atoms with Gasteiger partial charge in [0.25, 0.3) is 0 Å². The molecule has 0 amide bonds. The minimum atomic E-state index is -0.622. The van der Waals surface area contributed by atoms with Gasteiger partial charge in [0, 0.05) is 12.1 Å². The molecule has 0 unspecified atom stereocenters. The van der Waals surface area contributed by atoms with E-state index in [1.165, 1.54) is 6.07 Å². The lowest BCUT2D eigenvalue weighted by molar-refractivity contribution is 0.619. The van der Waals surface area contributed by atoms with Crippen molar-refractivity contribution in [2.45, 2.75) is 0 Å². The predicted octanol–water partition coefficient (Wildman–Crippen LogP) is 2.93. The second-order valence-electron chi connectivity index (χ2n) is 3.57. The van der Waals surface area contributed by atoms with Gasteiger partial charge in [-0.2, -0.15) is 10.2 Å². The van der Waals surface area contributed by atoms with Crippen molar-refractivity contribution >= 4 is 29.1 Å². The van der Waals surface area contributed by atoms with Crippen molar-refractivity contribution < 1.29 is 4.39 Å². The van der Waals surface area contributed by atoms with E-state index in [0.717, 1.165) is 6.20 Å². The van der Waals surface area contributed by atoms with Crippen molar-refractivity contribution in [3.05, 3.63) is 40.8 Å². The first kappa shape index (κ1) is 13.1. The molecule has 1 heterocycles. The average Bonchev–Trinajstić information content (AvgIpc) is 2.41. The molecule has 0 aliphatic rings. The molecular formula is C12H9ClFN5. The van der Waals surface area contributed by atoms with Crippen LogP contribution in [0.2, 0.25) is 5.02 Å². The van der Waals surface area contributed by atoms with Crippen molar-refractivity contribution in [1.29, 1.82) is 5.26 Å². The number of nitriles is 1. The Morgan fingerprint density at radius 1 is 1.42 bits per heavy atom. The summed E-state index contributed by atoms with van der Waals surface area (Å²) in [4.78, 5) is 7.66. The summed E-state index contributed by atoms with van der Waals surface area (Å²) in [5.41, 5.74) is 0.725. The van der Waals surface area contributed by atoms with Gasteiger partial charge in [-0.1, -0.05) is 11.6 Å². The molecule has 1 aromatic heterocycles. The van der Waals surface area contributed by atoms with Gasteiger partial charge in [0.05, 0.1) is 17.4 Å². The summed E-state index contributed by atoms with van der Waals surface area (Å²) in [6.07, 6.45) is 1.04. The molecule has 96 valence electrons. The topological polar surface area (TPSA) is 73.6 Å². The molecule has 2 N–H and O–H groups in total. The summed E-state index contributed by atoms with van der Waals surface area (Å²) >= 11 is 5.85. The molecule has 0 saturated carbocycles. The summed E-state index contributed by atoms with van der Waals surface area (Å²) in [6.45, 7) is 0. The maximum absolute atomic E-state index is 13.6. The molecule has 0 saturated heterocycles. The van der Waals surface area contributed by atoms with Crippen molar-refractivity contribution in [3.63, 3.8) is 0 Å². The van der Waals surface area contributed by atoms with Crippen molar-refractivity contribution in [1.82, 2.24) is 9.97 Å². The number of hydrogen-bond acceptors (Lipinski definition) is 5. The molecule has 5 nitrogen and oxygen atoms in total. The first-order chi connectivity index (χ1) is 9.13.